The van der Waals surface area contributed by atoms with Gasteiger partial charge in [-0.1, -0.05) is 11.6 Å². The Bertz CT molecular complexity index is 368. The molecular formula is C10H11ClF3NO. The van der Waals surface area contributed by atoms with Gasteiger partial charge in [-0.2, -0.15) is 13.2 Å². The highest BCUT2D eigenvalue weighted by molar-refractivity contribution is 6.30. The van der Waals surface area contributed by atoms with Gasteiger partial charge in [0.05, 0.1) is 13.5 Å². The smallest absolute Gasteiger partial charge is 0.390 e. The van der Waals surface area contributed by atoms with Crippen molar-refractivity contribution in [2.45, 2.75) is 18.6 Å². The van der Waals surface area contributed by atoms with Gasteiger partial charge in [0.1, 0.15) is 5.75 Å². The van der Waals surface area contributed by atoms with E-state index in [1.165, 1.54) is 25.3 Å². The first-order valence-corrected chi connectivity index (χ1v) is 4.87. The van der Waals surface area contributed by atoms with Crippen molar-refractivity contribution >= 4 is 11.6 Å². The van der Waals surface area contributed by atoms with E-state index in [0.29, 0.717) is 10.8 Å². The molecule has 1 atom stereocenters. The van der Waals surface area contributed by atoms with Crippen LogP contribution in [0.4, 0.5) is 13.2 Å². The Labute approximate surface area is 96.1 Å². The second-order valence-corrected chi connectivity index (χ2v) is 3.75. The van der Waals surface area contributed by atoms with Crippen LogP contribution in [-0.2, 0) is 0 Å². The topological polar surface area (TPSA) is 35.2 Å². The van der Waals surface area contributed by atoms with Gasteiger partial charge in [0.2, 0.25) is 0 Å². The maximum Gasteiger partial charge on any atom is 0.390 e. The van der Waals surface area contributed by atoms with Gasteiger partial charge < -0.3 is 10.5 Å². The normalized spacial score (nSPS) is 13.6. The van der Waals surface area contributed by atoms with Gasteiger partial charge in [-0.05, 0) is 18.2 Å². The average molecular weight is 254 g/mol. The molecule has 0 aliphatic heterocycles. The van der Waals surface area contributed by atoms with Crippen LogP contribution in [0.5, 0.6) is 5.75 Å². The molecule has 2 N–H and O–H groups in total. The van der Waals surface area contributed by atoms with Crippen molar-refractivity contribution in [2.24, 2.45) is 5.73 Å². The Morgan fingerprint density at radius 2 is 2.06 bits per heavy atom. The standard InChI is InChI=1S/C10H11ClF3NO/c1-16-9-3-2-6(11)4-7(9)8(15)5-10(12,13)14/h2-4,8H,5,15H2,1H3. The average Bonchev–Trinajstić information content (AvgIpc) is 2.15. The molecule has 2 nitrogen and oxygen atoms in total. The van der Waals surface area contributed by atoms with Crippen LogP contribution in [0.1, 0.15) is 18.0 Å². The molecule has 0 aromatic heterocycles. The zero-order valence-corrected chi connectivity index (χ0v) is 9.27. The van der Waals surface area contributed by atoms with Gasteiger partial charge in [0, 0.05) is 16.6 Å². The molecule has 1 unspecified atom stereocenters. The van der Waals surface area contributed by atoms with E-state index in [4.69, 9.17) is 22.1 Å². The first-order chi connectivity index (χ1) is 7.33. The fraction of sp³-hybridized carbons (Fsp3) is 0.400. The Balaban J connectivity index is 2.97. The lowest BCUT2D eigenvalue weighted by Crippen LogP contribution is -2.20. The van der Waals surface area contributed by atoms with E-state index in [-0.39, 0.29) is 5.56 Å². The number of halogens is 4. The third kappa shape index (κ3) is 3.57. The van der Waals surface area contributed by atoms with Crippen LogP contribution >= 0.6 is 11.6 Å². The number of alkyl halides is 3. The molecule has 1 aromatic rings. The minimum absolute atomic E-state index is 0.257. The summed E-state index contributed by atoms with van der Waals surface area (Å²) in [6.07, 6.45) is -5.42. The molecular weight excluding hydrogens is 243 g/mol. The van der Waals surface area contributed by atoms with Crippen LogP contribution in [0.15, 0.2) is 18.2 Å². The molecule has 0 bridgehead atoms. The summed E-state index contributed by atoms with van der Waals surface area (Å²) in [5.41, 5.74) is 5.72. The van der Waals surface area contributed by atoms with Crippen LogP contribution in [0.3, 0.4) is 0 Å². The zero-order chi connectivity index (χ0) is 12.3. The number of methoxy groups -OCH3 is 1. The summed E-state index contributed by atoms with van der Waals surface area (Å²) in [5, 5.41) is 0.327. The highest BCUT2D eigenvalue weighted by atomic mass is 35.5. The van der Waals surface area contributed by atoms with Crippen molar-refractivity contribution in [1.82, 2.24) is 0 Å². The number of rotatable bonds is 3. The van der Waals surface area contributed by atoms with Crippen molar-refractivity contribution < 1.29 is 17.9 Å². The van der Waals surface area contributed by atoms with E-state index in [0.717, 1.165) is 0 Å². The molecule has 1 aromatic carbocycles. The van der Waals surface area contributed by atoms with Gasteiger partial charge >= 0.3 is 6.18 Å². The predicted molar refractivity (Wildman–Crippen MR) is 55.6 cm³/mol. The second kappa shape index (κ2) is 4.93. The summed E-state index contributed by atoms with van der Waals surface area (Å²) >= 11 is 5.70. The summed E-state index contributed by atoms with van der Waals surface area (Å²) in [7, 11) is 1.37. The van der Waals surface area contributed by atoms with E-state index in [1.54, 1.807) is 0 Å². The number of hydrogen-bond acceptors (Lipinski definition) is 2. The molecule has 0 heterocycles. The molecule has 0 saturated heterocycles. The van der Waals surface area contributed by atoms with Crippen molar-refractivity contribution in [3.8, 4) is 5.75 Å². The maximum absolute atomic E-state index is 12.2. The second-order valence-electron chi connectivity index (χ2n) is 3.31. The minimum atomic E-state index is -4.31. The van der Waals surface area contributed by atoms with Crippen LogP contribution in [0.2, 0.25) is 5.02 Å². The lowest BCUT2D eigenvalue weighted by atomic mass is 10.0. The first kappa shape index (κ1) is 13.1. The molecule has 0 aliphatic carbocycles. The monoisotopic (exact) mass is 253 g/mol. The van der Waals surface area contributed by atoms with Crippen molar-refractivity contribution in [1.29, 1.82) is 0 Å². The fourth-order valence-corrected chi connectivity index (χ4v) is 1.53. The Morgan fingerprint density at radius 3 is 2.56 bits per heavy atom. The summed E-state index contributed by atoms with van der Waals surface area (Å²) in [5.74, 6) is 0.307. The first-order valence-electron chi connectivity index (χ1n) is 4.49. The van der Waals surface area contributed by atoms with Crippen molar-refractivity contribution in [3.05, 3.63) is 28.8 Å². The lowest BCUT2D eigenvalue weighted by Gasteiger charge is -2.17. The van der Waals surface area contributed by atoms with Crippen LogP contribution in [0.25, 0.3) is 0 Å². The molecule has 0 spiro atoms. The fourth-order valence-electron chi connectivity index (χ4n) is 1.35. The number of benzene rings is 1. The highest BCUT2D eigenvalue weighted by Gasteiger charge is 2.32. The Morgan fingerprint density at radius 1 is 1.44 bits per heavy atom. The van der Waals surface area contributed by atoms with Gasteiger partial charge in [-0.25, -0.2) is 0 Å². The molecule has 1 rings (SSSR count). The van der Waals surface area contributed by atoms with E-state index in [1.807, 2.05) is 0 Å². The van der Waals surface area contributed by atoms with Crippen LogP contribution in [0, 0.1) is 0 Å². The molecule has 0 amide bonds. The summed E-state index contributed by atoms with van der Waals surface area (Å²) in [6, 6.07) is 3.24. The molecule has 0 radical (unpaired) electrons. The van der Waals surface area contributed by atoms with Crippen molar-refractivity contribution in [2.75, 3.05) is 7.11 Å². The largest absolute Gasteiger partial charge is 0.496 e. The number of nitrogens with two attached hydrogens (primary N) is 1. The van der Waals surface area contributed by atoms with Crippen molar-refractivity contribution in [3.63, 3.8) is 0 Å². The van der Waals surface area contributed by atoms with E-state index >= 15 is 0 Å². The third-order valence-corrected chi connectivity index (χ3v) is 2.28. The molecule has 16 heavy (non-hydrogen) atoms. The van der Waals surface area contributed by atoms with E-state index < -0.39 is 18.6 Å². The number of hydrogen-bond donors (Lipinski definition) is 1. The SMILES string of the molecule is COc1ccc(Cl)cc1C(N)CC(F)(F)F. The highest BCUT2D eigenvalue weighted by Crippen LogP contribution is 2.33. The molecule has 0 saturated carbocycles. The van der Waals surface area contributed by atoms with E-state index in [9.17, 15) is 13.2 Å². The van der Waals surface area contributed by atoms with Gasteiger partial charge in [0.15, 0.2) is 0 Å². The Hall–Kier alpha value is -0.940. The van der Waals surface area contributed by atoms with Crippen LogP contribution in [-0.4, -0.2) is 13.3 Å². The molecule has 0 aliphatic rings. The zero-order valence-electron chi connectivity index (χ0n) is 8.51. The predicted octanol–water partition coefficient (Wildman–Crippen LogP) is 3.30. The van der Waals surface area contributed by atoms with E-state index in [2.05, 4.69) is 0 Å². The molecule has 90 valence electrons. The third-order valence-electron chi connectivity index (χ3n) is 2.04. The summed E-state index contributed by atoms with van der Waals surface area (Å²) < 4.78 is 41.5. The summed E-state index contributed by atoms with van der Waals surface area (Å²) in [4.78, 5) is 0. The quantitative estimate of drug-likeness (QED) is 0.897. The maximum atomic E-state index is 12.2. The van der Waals surface area contributed by atoms with Gasteiger partial charge in [0.25, 0.3) is 0 Å². The lowest BCUT2D eigenvalue weighted by molar-refractivity contribution is -0.138. The summed E-state index contributed by atoms with van der Waals surface area (Å²) in [6.45, 7) is 0. The molecule has 6 heteroatoms. The molecule has 0 fully saturated rings. The van der Waals surface area contributed by atoms with Gasteiger partial charge in [-0.15, -0.1) is 0 Å². The number of ether oxygens (including phenoxy) is 1. The van der Waals surface area contributed by atoms with Crippen LogP contribution < -0.4 is 10.5 Å². The Kier molecular flexibility index (Phi) is 4.04. The minimum Gasteiger partial charge on any atom is -0.496 e. The van der Waals surface area contributed by atoms with Gasteiger partial charge in [-0.3, -0.25) is 0 Å².